The average Bonchev–Trinajstić information content (AvgIpc) is 2.75. The molecule has 2 aromatic carbocycles. The Morgan fingerprint density at radius 1 is 0.933 bits per heavy atom. The number of carbonyl (C=O) groups is 3. The van der Waals surface area contributed by atoms with E-state index in [0.717, 1.165) is 11.3 Å². The molecule has 2 aromatic rings. The van der Waals surface area contributed by atoms with E-state index in [1.54, 1.807) is 41.0 Å². The van der Waals surface area contributed by atoms with Crippen LogP contribution in [0.4, 0.5) is 5.69 Å². The quantitative estimate of drug-likeness (QED) is 0.738. The lowest BCUT2D eigenvalue weighted by atomic mass is 10.1. The van der Waals surface area contributed by atoms with Crippen molar-refractivity contribution in [2.24, 2.45) is 0 Å². The van der Waals surface area contributed by atoms with Gasteiger partial charge in [-0.25, -0.2) is 0 Å². The molecule has 3 amide bonds. The van der Waals surface area contributed by atoms with Crippen LogP contribution in [0.15, 0.2) is 48.5 Å². The summed E-state index contributed by atoms with van der Waals surface area (Å²) in [5, 5.41) is 3.46. The van der Waals surface area contributed by atoms with E-state index in [4.69, 9.17) is 11.6 Å². The number of hydrogen-bond donors (Lipinski definition) is 1. The molecule has 1 saturated heterocycles. The van der Waals surface area contributed by atoms with E-state index in [-0.39, 0.29) is 17.7 Å². The molecule has 0 atom stereocenters. The first kappa shape index (κ1) is 22.2. The van der Waals surface area contributed by atoms with Crippen molar-refractivity contribution in [2.45, 2.75) is 12.7 Å². The molecule has 1 aliphatic heterocycles. The Labute approximate surface area is 185 Å². The minimum absolute atomic E-state index is 0.0141. The summed E-state index contributed by atoms with van der Waals surface area (Å²) in [6.07, 6.45) is 0. The molecule has 6 nitrogen and oxygen atoms in total. The third kappa shape index (κ3) is 6.24. The fourth-order valence-electron chi connectivity index (χ4n) is 3.14. The monoisotopic (exact) mass is 445 g/mol. The van der Waals surface area contributed by atoms with Crippen molar-refractivity contribution in [3.8, 4) is 0 Å². The Morgan fingerprint density at radius 2 is 1.53 bits per heavy atom. The second-order valence-electron chi connectivity index (χ2n) is 7.04. The lowest BCUT2D eigenvalue weighted by Crippen LogP contribution is -2.50. The number of carbonyl (C=O) groups excluding carboxylic acids is 3. The van der Waals surface area contributed by atoms with E-state index in [1.165, 1.54) is 11.8 Å². The first-order valence-corrected chi connectivity index (χ1v) is 11.2. The Morgan fingerprint density at radius 3 is 2.13 bits per heavy atom. The van der Waals surface area contributed by atoms with Crippen LogP contribution >= 0.6 is 23.4 Å². The predicted octanol–water partition coefficient (Wildman–Crippen LogP) is 3.52. The fourth-order valence-corrected chi connectivity index (χ4v) is 4.06. The van der Waals surface area contributed by atoms with E-state index < -0.39 is 0 Å². The molecule has 1 heterocycles. The van der Waals surface area contributed by atoms with Gasteiger partial charge in [0.2, 0.25) is 11.8 Å². The molecule has 0 unspecified atom stereocenters. The number of benzene rings is 2. The van der Waals surface area contributed by atoms with Crippen molar-refractivity contribution >= 4 is 46.8 Å². The van der Waals surface area contributed by atoms with Crippen LogP contribution in [0, 0.1) is 0 Å². The van der Waals surface area contributed by atoms with Gasteiger partial charge >= 0.3 is 0 Å². The Kier molecular flexibility index (Phi) is 7.76. The maximum atomic E-state index is 12.6. The van der Waals surface area contributed by atoms with Gasteiger partial charge in [-0.3, -0.25) is 14.4 Å². The van der Waals surface area contributed by atoms with Crippen LogP contribution in [0.25, 0.3) is 0 Å². The average molecular weight is 446 g/mol. The molecule has 0 bridgehead atoms. The highest BCUT2D eigenvalue weighted by molar-refractivity contribution is 7.99. The number of nitrogens with zero attached hydrogens (tertiary/aromatic N) is 2. The van der Waals surface area contributed by atoms with Gasteiger partial charge in [-0.05, 0) is 42.0 Å². The minimum atomic E-state index is -0.0705. The van der Waals surface area contributed by atoms with Gasteiger partial charge in [0.15, 0.2) is 0 Å². The molecule has 0 aliphatic carbocycles. The van der Waals surface area contributed by atoms with Gasteiger partial charge in [0, 0.05) is 55.1 Å². The lowest BCUT2D eigenvalue weighted by Gasteiger charge is -2.34. The zero-order valence-corrected chi connectivity index (χ0v) is 18.3. The molecule has 1 aliphatic rings. The summed E-state index contributed by atoms with van der Waals surface area (Å²) in [6, 6.07) is 14.5. The second-order valence-corrected chi connectivity index (χ2v) is 8.47. The molecule has 0 radical (unpaired) electrons. The molecule has 30 heavy (non-hydrogen) atoms. The van der Waals surface area contributed by atoms with Crippen molar-refractivity contribution < 1.29 is 14.4 Å². The maximum Gasteiger partial charge on any atom is 0.253 e. The summed E-state index contributed by atoms with van der Waals surface area (Å²) < 4.78 is 0. The van der Waals surface area contributed by atoms with Crippen molar-refractivity contribution in [2.75, 3.05) is 37.2 Å². The van der Waals surface area contributed by atoms with E-state index in [1.807, 2.05) is 24.3 Å². The normalized spacial score (nSPS) is 13.8. The third-order valence-corrected chi connectivity index (χ3v) is 6.10. The molecule has 3 rings (SSSR count). The van der Waals surface area contributed by atoms with Gasteiger partial charge in [-0.2, -0.15) is 0 Å². The molecule has 158 valence electrons. The largest absolute Gasteiger partial charge is 0.339 e. The molecule has 0 spiro atoms. The highest BCUT2D eigenvalue weighted by Crippen LogP contribution is 2.17. The maximum absolute atomic E-state index is 12.6. The van der Waals surface area contributed by atoms with Crippen molar-refractivity contribution in [3.05, 3.63) is 64.7 Å². The number of thioether (sulfide) groups is 1. The number of hydrogen-bond acceptors (Lipinski definition) is 4. The van der Waals surface area contributed by atoms with Crippen LogP contribution in [0.2, 0.25) is 5.02 Å². The van der Waals surface area contributed by atoms with E-state index in [2.05, 4.69) is 5.32 Å². The molecular weight excluding hydrogens is 422 g/mol. The first-order valence-electron chi connectivity index (χ1n) is 9.69. The van der Waals surface area contributed by atoms with Crippen LogP contribution in [0.1, 0.15) is 22.8 Å². The predicted molar refractivity (Wildman–Crippen MR) is 121 cm³/mol. The summed E-state index contributed by atoms with van der Waals surface area (Å²) in [5.74, 6) is 0.980. The Balaban J connectivity index is 1.43. The zero-order valence-electron chi connectivity index (χ0n) is 16.8. The molecule has 8 heteroatoms. The number of piperazine rings is 1. The van der Waals surface area contributed by atoms with Crippen molar-refractivity contribution in [1.82, 2.24) is 9.80 Å². The van der Waals surface area contributed by atoms with Crippen LogP contribution in [0.3, 0.4) is 0 Å². The standard InChI is InChI=1S/C22H24ClN3O3S/c1-16(27)25-10-12-26(13-11-25)22(29)18-4-2-17(3-5-18)14-30-15-21(28)24-20-8-6-19(23)7-9-20/h2-9H,10-15H2,1H3,(H,24,28). The summed E-state index contributed by atoms with van der Waals surface area (Å²) in [4.78, 5) is 39.6. The smallest absolute Gasteiger partial charge is 0.253 e. The number of nitrogens with one attached hydrogen (secondary N) is 1. The lowest BCUT2D eigenvalue weighted by molar-refractivity contribution is -0.130. The third-order valence-electron chi connectivity index (χ3n) is 4.84. The summed E-state index contributed by atoms with van der Waals surface area (Å²) in [7, 11) is 0. The van der Waals surface area contributed by atoms with Crippen LogP contribution in [-0.2, 0) is 15.3 Å². The summed E-state index contributed by atoms with van der Waals surface area (Å²) in [6.45, 7) is 3.81. The number of anilines is 1. The molecular formula is C22H24ClN3O3S. The Bertz CT molecular complexity index is 895. The molecule has 1 N–H and O–H groups in total. The fraction of sp³-hybridized carbons (Fsp3) is 0.318. The van der Waals surface area contributed by atoms with Gasteiger partial charge in [0.25, 0.3) is 5.91 Å². The van der Waals surface area contributed by atoms with Gasteiger partial charge in [-0.1, -0.05) is 23.7 Å². The first-order chi connectivity index (χ1) is 14.4. The van der Waals surface area contributed by atoms with Gasteiger partial charge in [-0.15, -0.1) is 11.8 Å². The van der Waals surface area contributed by atoms with E-state index in [9.17, 15) is 14.4 Å². The summed E-state index contributed by atoms with van der Waals surface area (Å²) in [5.41, 5.74) is 2.41. The van der Waals surface area contributed by atoms with Crippen molar-refractivity contribution in [1.29, 1.82) is 0 Å². The molecule has 1 fully saturated rings. The van der Waals surface area contributed by atoms with Crippen LogP contribution in [-0.4, -0.2) is 59.5 Å². The van der Waals surface area contributed by atoms with Gasteiger partial charge in [0.1, 0.15) is 0 Å². The zero-order chi connectivity index (χ0) is 21.5. The highest BCUT2D eigenvalue weighted by Gasteiger charge is 2.23. The van der Waals surface area contributed by atoms with Crippen LogP contribution in [0.5, 0.6) is 0 Å². The SMILES string of the molecule is CC(=O)N1CCN(C(=O)c2ccc(CSCC(=O)Nc3ccc(Cl)cc3)cc2)CC1. The van der Waals surface area contributed by atoms with Crippen molar-refractivity contribution in [3.63, 3.8) is 0 Å². The Hall–Kier alpha value is -2.51. The number of rotatable bonds is 6. The van der Waals surface area contributed by atoms with Gasteiger partial charge < -0.3 is 15.1 Å². The second kappa shape index (κ2) is 10.5. The van der Waals surface area contributed by atoms with Crippen LogP contribution < -0.4 is 5.32 Å². The number of halogens is 1. The van der Waals surface area contributed by atoms with E-state index in [0.29, 0.717) is 48.3 Å². The van der Waals surface area contributed by atoms with E-state index >= 15 is 0 Å². The van der Waals surface area contributed by atoms with Gasteiger partial charge in [0.05, 0.1) is 5.75 Å². The topological polar surface area (TPSA) is 69.7 Å². The highest BCUT2D eigenvalue weighted by atomic mass is 35.5. The number of amides is 3. The molecule has 0 saturated carbocycles. The minimum Gasteiger partial charge on any atom is -0.339 e. The molecule has 0 aromatic heterocycles. The summed E-state index contributed by atoms with van der Waals surface area (Å²) >= 11 is 7.35.